The molecule has 0 radical (unpaired) electrons. The Morgan fingerprint density at radius 3 is 2.66 bits per heavy atom. The summed E-state index contributed by atoms with van der Waals surface area (Å²) in [5, 5.41) is 16.3. The van der Waals surface area contributed by atoms with E-state index in [0.29, 0.717) is 29.4 Å². The Bertz CT molecular complexity index is 1330. The summed E-state index contributed by atoms with van der Waals surface area (Å²) in [6.45, 7) is 0.555. The van der Waals surface area contributed by atoms with Gasteiger partial charge in [0, 0.05) is 25.6 Å². The number of rotatable bonds is 7. The van der Waals surface area contributed by atoms with Crippen molar-refractivity contribution < 1.29 is 19.4 Å². The van der Waals surface area contributed by atoms with Crippen molar-refractivity contribution in [2.75, 3.05) is 19.5 Å². The molecule has 3 N–H and O–H groups in total. The van der Waals surface area contributed by atoms with Crippen LogP contribution in [0.15, 0.2) is 60.9 Å². The van der Waals surface area contributed by atoms with Crippen LogP contribution < -0.4 is 15.4 Å². The molecule has 1 fully saturated rings. The Balaban J connectivity index is 1.54. The molecule has 10 nitrogen and oxygen atoms in total. The van der Waals surface area contributed by atoms with Gasteiger partial charge in [0.1, 0.15) is 12.0 Å². The second-order valence-corrected chi connectivity index (χ2v) is 8.22. The van der Waals surface area contributed by atoms with E-state index in [4.69, 9.17) is 19.4 Å². The standard InChI is InChI=1S/C25H26N6O4/c1-26-25(33)21-18(32)12-19(35-21)31-14-28-20-23(27-13-15-6-4-3-5-7-15)29-22(30-24(20)31)16-8-10-17(34-2)11-9-16/h3-11,14,18-19,21,32H,12-13H2,1-2H3,(H,26,33)(H,27,29,30)/t18-,19+,21-/m0/s1. The normalized spacial score (nSPS) is 19.6. The van der Waals surface area contributed by atoms with E-state index in [1.807, 2.05) is 54.6 Å². The number of hydrogen-bond donors (Lipinski definition) is 3. The fourth-order valence-corrected chi connectivity index (χ4v) is 4.10. The predicted molar refractivity (Wildman–Crippen MR) is 130 cm³/mol. The Kier molecular flexibility index (Phi) is 6.30. The van der Waals surface area contributed by atoms with Crippen molar-refractivity contribution in [3.8, 4) is 17.1 Å². The number of imidazole rings is 1. The van der Waals surface area contributed by atoms with Crippen molar-refractivity contribution in [2.45, 2.75) is 31.4 Å². The summed E-state index contributed by atoms with van der Waals surface area (Å²) in [5.74, 6) is 1.43. The molecule has 0 unspecified atom stereocenters. The van der Waals surface area contributed by atoms with Crippen LogP contribution in [0.4, 0.5) is 5.82 Å². The second-order valence-electron chi connectivity index (χ2n) is 8.22. The van der Waals surface area contributed by atoms with Crippen LogP contribution in [0.2, 0.25) is 0 Å². The third kappa shape index (κ3) is 4.53. The molecular weight excluding hydrogens is 448 g/mol. The average molecular weight is 475 g/mol. The second kappa shape index (κ2) is 9.69. The lowest BCUT2D eigenvalue weighted by Crippen LogP contribution is -2.38. The number of methoxy groups -OCH3 is 1. The van der Waals surface area contributed by atoms with Crippen LogP contribution >= 0.6 is 0 Å². The molecule has 10 heteroatoms. The quantitative estimate of drug-likeness (QED) is 0.373. The zero-order valence-electron chi connectivity index (χ0n) is 19.4. The van der Waals surface area contributed by atoms with Crippen molar-refractivity contribution in [2.24, 2.45) is 0 Å². The number of hydrogen-bond acceptors (Lipinski definition) is 8. The first-order valence-electron chi connectivity index (χ1n) is 11.3. The van der Waals surface area contributed by atoms with E-state index in [0.717, 1.165) is 16.9 Å². The maximum absolute atomic E-state index is 12.1. The fraction of sp³-hybridized carbons (Fsp3) is 0.280. The Morgan fingerprint density at radius 1 is 1.17 bits per heavy atom. The maximum atomic E-state index is 12.1. The maximum Gasteiger partial charge on any atom is 0.251 e. The van der Waals surface area contributed by atoms with E-state index in [-0.39, 0.29) is 12.3 Å². The zero-order chi connectivity index (χ0) is 24.4. The summed E-state index contributed by atoms with van der Waals surface area (Å²) < 4.78 is 12.9. The first-order chi connectivity index (χ1) is 17.1. The molecule has 2 aromatic carbocycles. The molecule has 1 amide bonds. The van der Waals surface area contributed by atoms with Gasteiger partial charge >= 0.3 is 0 Å². The molecule has 1 aliphatic heterocycles. The molecule has 0 saturated carbocycles. The molecule has 1 saturated heterocycles. The third-order valence-corrected chi connectivity index (χ3v) is 5.98. The molecule has 35 heavy (non-hydrogen) atoms. The number of carbonyl (C=O) groups is 1. The topological polar surface area (TPSA) is 123 Å². The van der Waals surface area contributed by atoms with E-state index in [1.165, 1.54) is 7.05 Å². The van der Waals surface area contributed by atoms with E-state index in [2.05, 4.69) is 15.6 Å². The number of aromatic nitrogens is 4. The van der Waals surface area contributed by atoms with Gasteiger partial charge in [-0.25, -0.2) is 15.0 Å². The van der Waals surface area contributed by atoms with Gasteiger partial charge in [-0.2, -0.15) is 0 Å². The zero-order valence-corrected chi connectivity index (χ0v) is 19.4. The van der Waals surface area contributed by atoms with Gasteiger partial charge < -0.3 is 25.2 Å². The van der Waals surface area contributed by atoms with Gasteiger partial charge in [0.05, 0.1) is 19.5 Å². The van der Waals surface area contributed by atoms with Crippen molar-refractivity contribution >= 4 is 22.9 Å². The van der Waals surface area contributed by atoms with Gasteiger partial charge in [-0.05, 0) is 29.8 Å². The van der Waals surface area contributed by atoms with E-state index < -0.39 is 18.4 Å². The lowest BCUT2D eigenvalue weighted by Gasteiger charge is -2.15. The summed E-state index contributed by atoms with van der Waals surface area (Å²) >= 11 is 0. The van der Waals surface area contributed by atoms with Crippen LogP contribution in [0.1, 0.15) is 18.2 Å². The molecule has 0 aliphatic carbocycles. The SMILES string of the molecule is CNC(=O)[C@H]1O[C@@H](n2cnc3c(NCc4ccccc4)nc(-c4ccc(OC)cc4)nc32)C[C@@H]1O. The van der Waals surface area contributed by atoms with E-state index in [1.54, 1.807) is 18.0 Å². The van der Waals surface area contributed by atoms with Gasteiger partial charge in [0.2, 0.25) is 0 Å². The van der Waals surface area contributed by atoms with Gasteiger partial charge in [-0.15, -0.1) is 0 Å². The fourth-order valence-electron chi connectivity index (χ4n) is 4.10. The van der Waals surface area contributed by atoms with Crippen molar-refractivity contribution in [1.29, 1.82) is 0 Å². The molecule has 3 atom stereocenters. The number of nitrogens with one attached hydrogen (secondary N) is 2. The molecule has 1 aliphatic rings. The average Bonchev–Trinajstić information content (AvgIpc) is 3.50. The predicted octanol–water partition coefficient (Wildman–Crippen LogP) is 2.51. The third-order valence-electron chi connectivity index (χ3n) is 5.98. The number of aliphatic hydroxyl groups excluding tert-OH is 1. The van der Waals surface area contributed by atoms with Crippen LogP contribution in [-0.2, 0) is 16.1 Å². The summed E-state index contributed by atoms with van der Waals surface area (Å²) in [4.78, 5) is 26.2. The summed E-state index contributed by atoms with van der Waals surface area (Å²) in [6.07, 6.45) is -0.651. The van der Waals surface area contributed by atoms with Crippen LogP contribution in [0.3, 0.4) is 0 Å². The molecule has 3 heterocycles. The van der Waals surface area contributed by atoms with Crippen LogP contribution in [-0.4, -0.2) is 56.9 Å². The van der Waals surface area contributed by atoms with E-state index >= 15 is 0 Å². The smallest absolute Gasteiger partial charge is 0.251 e. The number of aliphatic hydroxyl groups is 1. The number of carbonyl (C=O) groups excluding carboxylic acids is 1. The first kappa shape index (κ1) is 22.8. The van der Waals surface area contributed by atoms with Gasteiger partial charge in [-0.1, -0.05) is 30.3 Å². The number of benzene rings is 2. The Morgan fingerprint density at radius 2 is 1.94 bits per heavy atom. The summed E-state index contributed by atoms with van der Waals surface area (Å²) in [5.41, 5.74) is 3.01. The van der Waals surface area contributed by atoms with Crippen molar-refractivity contribution in [1.82, 2.24) is 24.8 Å². The molecule has 180 valence electrons. The first-order valence-corrected chi connectivity index (χ1v) is 11.3. The number of amides is 1. The molecule has 4 aromatic rings. The minimum absolute atomic E-state index is 0.234. The van der Waals surface area contributed by atoms with Crippen molar-refractivity contribution in [3.05, 3.63) is 66.5 Å². The Labute approximate surface area is 202 Å². The van der Waals surface area contributed by atoms with Crippen LogP contribution in [0, 0.1) is 0 Å². The monoisotopic (exact) mass is 474 g/mol. The highest BCUT2D eigenvalue weighted by molar-refractivity contribution is 5.85. The number of ether oxygens (including phenoxy) is 2. The lowest BCUT2D eigenvalue weighted by molar-refractivity contribution is -0.137. The minimum atomic E-state index is -0.957. The summed E-state index contributed by atoms with van der Waals surface area (Å²) in [6, 6.07) is 17.5. The minimum Gasteiger partial charge on any atom is -0.497 e. The number of anilines is 1. The molecular formula is C25H26N6O4. The van der Waals surface area contributed by atoms with Crippen LogP contribution in [0.5, 0.6) is 5.75 Å². The number of nitrogens with zero attached hydrogens (tertiary/aromatic N) is 4. The molecule has 2 aromatic heterocycles. The molecule has 0 bridgehead atoms. The van der Waals surface area contributed by atoms with Crippen molar-refractivity contribution in [3.63, 3.8) is 0 Å². The van der Waals surface area contributed by atoms with E-state index in [9.17, 15) is 9.90 Å². The van der Waals surface area contributed by atoms with Gasteiger partial charge in [-0.3, -0.25) is 9.36 Å². The van der Waals surface area contributed by atoms with Gasteiger partial charge in [0.25, 0.3) is 5.91 Å². The highest BCUT2D eigenvalue weighted by Crippen LogP contribution is 2.33. The molecule has 5 rings (SSSR count). The van der Waals surface area contributed by atoms with Crippen LogP contribution in [0.25, 0.3) is 22.6 Å². The largest absolute Gasteiger partial charge is 0.497 e. The van der Waals surface area contributed by atoms with Gasteiger partial charge in [0.15, 0.2) is 28.9 Å². The number of likely N-dealkylation sites (N-methyl/N-ethyl adjacent to an activating group) is 1. The molecule has 0 spiro atoms. The highest BCUT2D eigenvalue weighted by Gasteiger charge is 2.40. The number of fused-ring (bicyclic) bond motifs is 1. The Hall–Kier alpha value is -4.02. The lowest BCUT2D eigenvalue weighted by atomic mass is 10.1. The highest BCUT2D eigenvalue weighted by atomic mass is 16.5. The summed E-state index contributed by atoms with van der Waals surface area (Å²) in [7, 11) is 3.13.